The highest BCUT2D eigenvalue weighted by Crippen LogP contribution is 2.21. The number of nitrogens with zero attached hydrogens (tertiary/aromatic N) is 6. The van der Waals surface area contributed by atoms with Crippen LogP contribution in [-0.2, 0) is 11.8 Å². The molecule has 140 valence electrons. The molecule has 1 aliphatic heterocycles. The maximum Gasteiger partial charge on any atom is 0.160 e. The summed E-state index contributed by atoms with van der Waals surface area (Å²) in [6.45, 7) is 4.00. The van der Waals surface area contributed by atoms with Crippen molar-refractivity contribution in [2.75, 3.05) is 38.2 Å². The fourth-order valence-electron chi connectivity index (χ4n) is 3.24. The largest absolute Gasteiger partial charge is 0.379 e. The molecular formula is C19H23N7O. The number of aromatic nitrogens is 5. The second-order valence-corrected chi connectivity index (χ2v) is 6.47. The second-order valence-electron chi connectivity index (χ2n) is 6.47. The van der Waals surface area contributed by atoms with E-state index >= 15 is 0 Å². The number of pyridine rings is 1. The minimum atomic E-state index is 0.158. The van der Waals surface area contributed by atoms with E-state index in [4.69, 9.17) is 4.74 Å². The molecule has 0 radical (unpaired) electrons. The van der Waals surface area contributed by atoms with Crippen molar-refractivity contribution >= 4 is 5.82 Å². The molecule has 4 heterocycles. The van der Waals surface area contributed by atoms with Gasteiger partial charge >= 0.3 is 0 Å². The topological polar surface area (TPSA) is 81.0 Å². The molecule has 3 aromatic rings. The number of aryl methyl sites for hydroxylation is 1. The van der Waals surface area contributed by atoms with Crippen LogP contribution in [0.2, 0.25) is 0 Å². The molecule has 0 saturated carbocycles. The molecule has 1 unspecified atom stereocenters. The van der Waals surface area contributed by atoms with Gasteiger partial charge in [0, 0.05) is 45.3 Å². The fraction of sp³-hybridized carbons (Fsp3) is 0.368. The SMILES string of the molecule is Cn1ccnc1-c1ccc(NCC(c2ccccn2)N2CCOCC2)nn1. The summed E-state index contributed by atoms with van der Waals surface area (Å²) in [5, 5.41) is 12.0. The van der Waals surface area contributed by atoms with Gasteiger partial charge in [-0.3, -0.25) is 9.88 Å². The molecule has 1 aliphatic rings. The lowest BCUT2D eigenvalue weighted by Crippen LogP contribution is -2.41. The monoisotopic (exact) mass is 365 g/mol. The van der Waals surface area contributed by atoms with Crippen LogP contribution in [0.25, 0.3) is 11.5 Å². The Kier molecular flexibility index (Phi) is 5.36. The van der Waals surface area contributed by atoms with Crippen molar-refractivity contribution < 1.29 is 4.74 Å². The van der Waals surface area contributed by atoms with E-state index in [1.165, 1.54) is 0 Å². The quantitative estimate of drug-likeness (QED) is 0.713. The summed E-state index contributed by atoms with van der Waals surface area (Å²) in [4.78, 5) is 11.3. The van der Waals surface area contributed by atoms with Crippen molar-refractivity contribution in [2.45, 2.75) is 6.04 Å². The van der Waals surface area contributed by atoms with E-state index in [1.54, 1.807) is 6.20 Å². The summed E-state index contributed by atoms with van der Waals surface area (Å²) in [6.07, 6.45) is 5.48. The lowest BCUT2D eigenvalue weighted by atomic mass is 10.1. The third-order valence-electron chi connectivity index (χ3n) is 4.71. The highest BCUT2D eigenvalue weighted by atomic mass is 16.5. The third-order valence-corrected chi connectivity index (χ3v) is 4.71. The minimum absolute atomic E-state index is 0.158. The highest BCUT2D eigenvalue weighted by Gasteiger charge is 2.23. The Balaban J connectivity index is 1.46. The lowest BCUT2D eigenvalue weighted by Gasteiger charge is -2.34. The molecule has 0 bridgehead atoms. The Morgan fingerprint density at radius 1 is 1.07 bits per heavy atom. The van der Waals surface area contributed by atoms with E-state index < -0.39 is 0 Å². The van der Waals surface area contributed by atoms with Crippen LogP contribution in [-0.4, -0.2) is 62.5 Å². The number of anilines is 1. The van der Waals surface area contributed by atoms with Crippen LogP contribution in [0.1, 0.15) is 11.7 Å². The number of ether oxygens (including phenoxy) is 1. The summed E-state index contributed by atoms with van der Waals surface area (Å²) in [7, 11) is 1.94. The van der Waals surface area contributed by atoms with E-state index in [0.29, 0.717) is 6.54 Å². The number of rotatable bonds is 6. The van der Waals surface area contributed by atoms with Crippen LogP contribution >= 0.6 is 0 Å². The van der Waals surface area contributed by atoms with Gasteiger partial charge in [0.15, 0.2) is 5.82 Å². The van der Waals surface area contributed by atoms with Crippen LogP contribution < -0.4 is 5.32 Å². The molecule has 0 spiro atoms. The van der Waals surface area contributed by atoms with Crippen LogP contribution in [0.4, 0.5) is 5.82 Å². The first-order valence-electron chi connectivity index (χ1n) is 9.09. The Bertz CT molecular complexity index is 844. The molecule has 1 fully saturated rings. The molecule has 3 aromatic heterocycles. The third kappa shape index (κ3) is 4.12. The van der Waals surface area contributed by atoms with Gasteiger partial charge in [-0.1, -0.05) is 6.07 Å². The second kappa shape index (κ2) is 8.24. The summed E-state index contributed by atoms with van der Waals surface area (Å²) >= 11 is 0. The van der Waals surface area contributed by atoms with Gasteiger partial charge in [0.2, 0.25) is 0 Å². The first kappa shape index (κ1) is 17.6. The Labute approximate surface area is 158 Å². The zero-order chi connectivity index (χ0) is 18.5. The molecule has 4 rings (SSSR count). The van der Waals surface area contributed by atoms with Gasteiger partial charge in [0.05, 0.1) is 24.9 Å². The number of hydrogen-bond donors (Lipinski definition) is 1. The number of morpholine rings is 1. The van der Waals surface area contributed by atoms with E-state index in [1.807, 2.05) is 48.3 Å². The van der Waals surface area contributed by atoms with Crippen molar-refractivity contribution in [2.24, 2.45) is 7.05 Å². The van der Waals surface area contributed by atoms with E-state index in [9.17, 15) is 0 Å². The number of hydrogen-bond acceptors (Lipinski definition) is 7. The van der Waals surface area contributed by atoms with Gasteiger partial charge in [0.25, 0.3) is 0 Å². The van der Waals surface area contributed by atoms with Crippen molar-refractivity contribution in [3.63, 3.8) is 0 Å². The zero-order valence-corrected chi connectivity index (χ0v) is 15.3. The van der Waals surface area contributed by atoms with Crippen LogP contribution in [0.5, 0.6) is 0 Å². The van der Waals surface area contributed by atoms with Gasteiger partial charge in [-0.25, -0.2) is 4.98 Å². The normalized spacial score (nSPS) is 16.2. The van der Waals surface area contributed by atoms with Gasteiger partial charge < -0.3 is 14.6 Å². The van der Waals surface area contributed by atoms with Crippen molar-refractivity contribution in [1.82, 2.24) is 29.6 Å². The van der Waals surface area contributed by atoms with Crippen LogP contribution in [0, 0.1) is 0 Å². The molecule has 1 atom stereocenters. The highest BCUT2D eigenvalue weighted by molar-refractivity contribution is 5.51. The number of nitrogens with one attached hydrogen (secondary N) is 1. The van der Waals surface area contributed by atoms with E-state index in [-0.39, 0.29) is 6.04 Å². The predicted octanol–water partition coefficient (Wildman–Crippen LogP) is 1.76. The molecule has 0 aromatic carbocycles. The summed E-state index contributed by atoms with van der Waals surface area (Å²) in [5.74, 6) is 1.54. The predicted molar refractivity (Wildman–Crippen MR) is 102 cm³/mol. The summed E-state index contributed by atoms with van der Waals surface area (Å²) in [6, 6.07) is 10.1. The van der Waals surface area contributed by atoms with Gasteiger partial charge in [-0.2, -0.15) is 0 Å². The van der Waals surface area contributed by atoms with Crippen LogP contribution in [0.15, 0.2) is 48.9 Å². The lowest BCUT2D eigenvalue weighted by molar-refractivity contribution is 0.0179. The summed E-state index contributed by atoms with van der Waals surface area (Å²) < 4.78 is 7.42. The minimum Gasteiger partial charge on any atom is -0.379 e. The summed E-state index contributed by atoms with van der Waals surface area (Å²) in [5.41, 5.74) is 1.80. The average Bonchev–Trinajstić information content (AvgIpc) is 3.16. The Hall–Kier alpha value is -2.84. The van der Waals surface area contributed by atoms with Gasteiger partial charge in [-0.05, 0) is 24.3 Å². The molecule has 0 aliphatic carbocycles. The standard InChI is InChI=1S/C19H23N7O/c1-25-9-8-21-19(25)16-5-6-18(24-23-16)22-14-17(15-4-2-3-7-20-15)26-10-12-27-13-11-26/h2-9,17H,10-14H2,1H3,(H,22,24). The van der Waals surface area contributed by atoms with Crippen LogP contribution in [0.3, 0.4) is 0 Å². The van der Waals surface area contributed by atoms with Crippen molar-refractivity contribution in [3.05, 3.63) is 54.6 Å². The van der Waals surface area contributed by atoms with Crippen molar-refractivity contribution in [3.8, 4) is 11.5 Å². The molecule has 0 amide bonds. The maximum absolute atomic E-state index is 5.49. The van der Waals surface area contributed by atoms with Gasteiger partial charge in [-0.15, -0.1) is 10.2 Å². The molecule has 1 N–H and O–H groups in total. The number of imidazole rings is 1. The smallest absolute Gasteiger partial charge is 0.160 e. The van der Waals surface area contributed by atoms with Gasteiger partial charge in [0.1, 0.15) is 11.5 Å². The Morgan fingerprint density at radius 3 is 2.63 bits per heavy atom. The average molecular weight is 365 g/mol. The molecule has 1 saturated heterocycles. The van der Waals surface area contributed by atoms with Crippen molar-refractivity contribution in [1.29, 1.82) is 0 Å². The van der Waals surface area contributed by atoms with E-state index in [0.717, 1.165) is 49.3 Å². The van der Waals surface area contributed by atoms with E-state index in [2.05, 4.69) is 36.4 Å². The first-order chi connectivity index (χ1) is 13.3. The molecule has 8 heteroatoms. The molecule has 8 nitrogen and oxygen atoms in total. The first-order valence-corrected chi connectivity index (χ1v) is 9.09. The fourth-order valence-corrected chi connectivity index (χ4v) is 3.24. The molecule has 27 heavy (non-hydrogen) atoms. The Morgan fingerprint density at radius 2 is 1.96 bits per heavy atom. The molecular weight excluding hydrogens is 342 g/mol. The zero-order valence-electron chi connectivity index (χ0n) is 15.3. The maximum atomic E-state index is 5.49.